The van der Waals surface area contributed by atoms with Gasteiger partial charge in [0.05, 0.1) is 17.8 Å². The number of benzene rings is 2. The van der Waals surface area contributed by atoms with Crippen LogP contribution in [0.25, 0.3) is 0 Å². The van der Waals surface area contributed by atoms with Crippen LogP contribution in [0.5, 0.6) is 5.75 Å². The van der Waals surface area contributed by atoms with Crippen LogP contribution in [-0.2, 0) is 4.74 Å². The van der Waals surface area contributed by atoms with Crippen molar-refractivity contribution in [2.75, 3.05) is 12.4 Å². The fraction of sp³-hybridized carbons (Fsp3) is 0.0667. The number of phenols is 1. The van der Waals surface area contributed by atoms with Gasteiger partial charge in [0, 0.05) is 9.13 Å². The summed E-state index contributed by atoms with van der Waals surface area (Å²) in [5.74, 6) is -1.45. The first-order chi connectivity index (χ1) is 10.4. The topological polar surface area (TPSA) is 75.6 Å². The molecule has 2 N–H and O–H groups in total. The standard InChI is InChI=1S/C15H11ClINO4/c1-22-15(21)9-3-2-4-12(13(9)19)18-14(20)8-5-6-10(16)11(17)7-8/h2-7,19H,1H3,(H,18,20). The van der Waals surface area contributed by atoms with Crippen LogP contribution in [0.1, 0.15) is 20.7 Å². The molecule has 0 radical (unpaired) electrons. The van der Waals surface area contributed by atoms with Crippen molar-refractivity contribution in [1.82, 2.24) is 0 Å². The molecule has 0 saturated heterocycles. The first-order valence-electron chi connectivity index (χ1n) is 6.10. The highest BCUT2D eigenvalue weighted by atomic mass is 127. The number of esters is 1. The zero-order valence-electron chi connectivity index (χ0n) is 11.4. The third-order valence-electron chi connectivity index (χ3n) is 2.87. The summed E-state index contributed by atoms with van der Waals surface area (Å²) in [6.07, 6.45) is 0. The molecule has 5 nitrogen and oxygen atoms in total. The Balaban J connectivity index is 2.28. The van der Waals surface area contributed by atoms with E-state index < -0.39 is 11.9 Å². The predicted octanol–water partition coefficient (Wildman–Crippen LogP) is 3.69. The zero-order valence-corrected chi connectivity index (χ0v) is 14.3. The number of carbonyl (C=O) groups is 2. The molecule has 2 aromatic rings. The quantitative estimate of drug-likeness (QED) is 0.442. The summed E-state index contributed by atoms with van der Waals surface area (Å²) in [5.41, 5.74) is 0.487. The van der Waals surface area contributed by atoms with Gasteiger partial charge in [0.2, 0.25) is 0 Å². The van der Waals surface area contributed by atoms with E-state index in [0.29, 0.717) is 10.6 Å². The van der Waals surface area contributed by atoms with Gasteiger partial charge >= 0.3 is 5.97 Å². The van der Waals surface area contributed by atoms with Gasteiger partial charge in [-0.2, -0.15) is 0 Å². The summed E-state index contributed by atoms with van der Waals surface area (Å²) >= 11 is 7.93. The van der Waals surface area contributed by atoms with Gasteiger partial charge < -0.3 is 15.2 Å². The summed E-state index contributed by atoms with van der Waals surface area (Å²) in [7, 11) is 1.21. The lowest BCUT2D eigenvalue weighted by Gasteiger charge is -2.10. The van der Waals surface area contributed by atoms with Crippen LogP contribution < -0.4 is 5.32 Å². The van der Waals surface area contributed by atoms with Gasteiger partial charge in [-0.1, -0.05) is 17.7 Å². The highest BCUT2D eigenvalue weighted by molar-refractivity contribution is 14.1. The maximum atomic E-state index is 12.2. The molecule has 114 valence electrons. The number of hydrogen-bond donors (Lipinski definition) is 2. The Labute approximate surface area is 145 Å². The van der Waals surface area contributed by atoms with E-state index in [-0.39, 0.29) is 17.0 Å². The van der Waals surface area contributed by atoms with E-state index in [1.165, 1.54) is 25.3 Å². The van der Waals surface area contributed by atoms with Crippen LogP contribution in [0.15, 0.2) is 36.4 Å². The second kappa shape index (κ2) is 6.97. The number of nitrogens with one attached hydrogen (secondary N) is 1. The van der Waals surface area contributed by atoms with Gasteiger partial charge in [0.25, 0.3) is 5.91 Å². The van der Waals surface area contributed by atoms with Crippen molar-refractivity contribution < 1.29 is 19.4 Å². The highest BCUT2D eigenvalue weighted by Crippen LogP contribution is 2.28. The van der Waals surface area contributed by atoms with E-state index >= 15 is 0 Å². The lowest BCUT2D eigenvalue weighted by molar-refractivity contribution is 0.0597. The smallest absolute Gasteiger partial charge is 0.341 e. The molecule has 2 aromatic carbocycles. The molecule has 0 aliphatic rings. The Bertz CT molecular complexity index is 748. The monoisotopic (exact) mass is 431 g/mol. The van der Waals surface area contributed by atoms with Crippen LogP contribution in [0.2, 0.25) is 5.02 Å². The Morgan fingerprint density at radius 3 is 2.64 bits per heavy atom. The van der Waals surface area contributed by atoms with Crippen molar-refractivity contribution in [2.45, 2.75) is 0 Å². The Morgan fingerprint density at radius 1 is 1.27 bits per heavy atom. The molecule has 0 heterocycles. The van der Waals surface area contributed by atoms with E-state index in [1.54, 1.807) is 18.2 Å². The fourth-order valence-electron chi connectivity index (χ4n) is 1.75. The Kier molecular flexibility index (Phi) is 5.25. The molecule has 0 aromatic heterocycles. The van der Waals surface area contributed by atoms with E-state index in [0.717, 1.165) is 3.57 Å². The lowest BCUT2D eigenvalue weighted by Crippen LogP contribution is -2.13. The number of halogens is 2. The van der Waals surface area contributed by atoms with Crippen molar-refractivity contribution in [3.05, 3.63) is 56.1 Å². The van der Waals surface area contributed by atoms with Gasteiger partial charge in [0.15, 0.2) is 5.75 Å². The lowest BCUT2D eigenvalue weighted by atomic mass is 10.1. The SMILES string of the molecule is COC(=O)c1cccc(NC(=O)c2ccc(Cl)c(I)c2)c1O. The maximum Gasteiger partial charge on any atom is 0.341 e. The number of amides is 1. The predicted molar refractivity (Wildman–Crippen MR) is 91.6 cm³/mol. The number of ether oxygens (including phenoxy) is 1. The fourth-order valence-corrected chi connectivity index (χ4v) is 2.38. The number of anilines is 1. The zero-order chi connectivity index (χ0) is 16.3. The van der Waals surface area contributed by atoms with E-state index in [4.69, 9.17) is 11.6 Å². The van der Waals surface area contributed by atoms with E-state index in [9.17, 15) is 14.7 Å². The van der Waals surface area contributed by atoms with Gasteiger partial charge in [0.1, 0.15) is 5.56 Å². The Hall–Kier alpha value is -1.80. The number of rotatable bonds is 3. The van der Waals surface area contributed by atoms with Crippen molar-refractivity contribution in [3.63, 3.8) is 0 Å². The van der Waals surface area contributed by atoms with Crippen LogP contribution in [0.4, 0.5) is 5.69 Å². The normalized spacial score (nSPS) is 10.1. The second-order valence-electron chi connectivity index (χ2n) is 4.28. The van der Waals surface area contributed by atoms with Crippen LogP contribution in [0, 0.1) is 3.57 Å². The molecule has 0 bridgehead atoms. The molecule has 0 aliphatic heterocycles. The molecule has 0 saturated carbocycles. The molecule has 0 unspecified atom stereocenters. The van der Waals surface area contributed by atoms with Gasteiger partial charge in [-0.15, -0.1) is 0 Å². The third-order valence-corrected chi connectivity index (χ3v) is 4.41. The molecular weight excluding hydrogens is 421 g/mol. The van der Waals surface area contributed by atoms with Crippen LogP contribution in [0.3, 0.4) is 0 Å². The van der Waals surface area contributed by atoms with E-state index in [2.05, 4.69) is 10.1 Å². The number of aromatic hydroxyl groups is 1. The first-order valence-corrected chi connectivity index (χ1v) is 7.56. The minimum atomic E-state index is -0.686. The summed E-state index contributed by atoms with van der Waals surface area (Å²) in [6.45, 7) is 0. The van der Waals surface area contributed by atoms with Gasteiger partial charge in [-0.05, 0) is 52.9 Å². The molecule has 1 amide bonds. The van der Waals surface area contributed by atoms with Crippen molar-refractivity contribution >= 4 is 51.8 Å². The van der Waals surface area contributed by atoms with Crippen molar-refractivity contribution in [3.8, 4) is 5.75 Å². The van der Waals surface area contributed by atoms with E-state index in [1.807, 2.05) is 22.6 Å². The minimum Gasteiger partial charge on any atom is -0.505 e. The molecule has 0 aliphatic carbocycles. The second-order valence-corrected chi connectivity index (χ2v) is 5.85. The highest BCUT2D eigenvalue weighted by Gasteiger charge is 2.16. The summed E-state index contributed by atoms with van der Waals surface area (Å²) in [4.78, 5) is 23.7. The van der Waals surface area contributed by atoms with Crippen LogP contribution >= 0.6 is 34.2 Å². The Morgan fingerprint density at radius 2 is 2.00 bits per heavy atom. The molecule has 0 spiro atoms. The summed E-state index contributed by atoms with van der Waals surface area (Å²) in [6, 6.07) is 9.24. The van der Waals surface area contributed by atoms with Crippen molar-refractivity contribution in [2.24, 2.45) is 0 Å². The molecule has 2 rings (SSSR count). The average Bonchev–Trinajstić information content (AvgIpc) is 2.51. The average molecular weight is 432 g/mol. The van der Waals surface area contributed by atoms with Gasteiger partial charge in [-0.25, -0.2) is 4.79 Å². The van der Waals surface area contributed by atoms with Gasteiger partial charge in [-0.3, -0.25) is 4.79 Å². The van der Waals surface area contributed by atoms with Crippen LogP contribution in [-0.4, -0.2) is 24.1 Å². The number of carbonyl (C=O) groups excluding carboxylic acids is 2. The number of para-hydroxylation sites is 1. The minimum absolute atomic E-state index is 0.0222. The van der Waals surface area contributed by atoms with Crippen molar-refractivity contribution in [1.29, 1.82) is 0 Å². The molecule has 7 heteroatoms. The summed E-state index contributed by atoms with van der Waals surface area (Å²) in [5, 5.41) is 13.1. The number of hydrogen-bond acceptors (Lipinski definition) is 4. The molecule has 22 heavy (non-hydrogen) atoms. The number of phenolic OH excluding ortho intramolecular Hbond substituents is 1. The molecular formula is C15H11ClINO4. The number of methoxy groups -OCH3 is 1. The molecule has 0 atom stereocenters. The summed E-state index contributed by atoms with van der Waals surface area (Å²) < 4.78 is 5.30. The molecule has 0 fully saturated rings. The first kappa shape index (κ1) is 16.6. The maximum absolute atomic E-state index is 12.2. The largest absolute Gasteiger partial charge is 0.505 e. The third kappa shape index (κ3) is 3.50.